The normalized spacial score (nSPS) is 35.1. The van der Waals surface area contributed by atoms with Crippen LogP contribution < -0.4 is 5.73 Å². The van der Waals surface area contributed by atoms with E-state index in [1.807, 2.05) is 0 Å². The smallest absolute Gasteiger partial charge is 0.00955 e. The van der Waals surface area contributed by atoms with E-state index in [4.69, 9.17) is 5.73 Å². The van der Waals surface area contributed by atoms with Gasteiger partial charge in [-0.05, 0) is 31.1 Å². The zero-order chi connectivity index (χ0) is 6.32. The van der Waals surface area contributed by atoms with Crippen molar-refractivity contribution in [1.82, 2.24) is 0 Å². The van der Waals surface area contributed by atoms with Crippen LogP contribution in [0.15, 0.2) is 0 Å². The second-order valence-corrected chi connectivity index (χ2v) is 3.71. The van der Waals surface area contributed by atoms with Gasteiger partial charge in [0.2, 0.25) is 0 Å². The molecule has 0 heterocycles. The molecule has 1 atom stereocenters. The first-order valence-corrected chi connectivity index (χ1v) is 4.09. The Morgan fingerprint density at radius 2 is 1.80 bits per heavy atom. The lowest BCUT2D eigenvalue weighted by Gasteiger charge is -2.27. The van der Waals surface area contributed by atoms with Crippen molar-refractivity contribution in [2.45, 2.75) is 44.6 Å². The molecule has 2 aliphatic rings. The maximum Gasteiger partial charge on any atom is 0.00955 e. The summed E-state index contributed by atoms with van der Waals surface area (Å²) in [6, 6.07) is 0.561. The highest BCUT2D eigenvalue weighted by Crippen LogP contribution is 2.55. The van der Waals surface area contributed by atoms with E-state index in [-0.39, 0.29) is 12.4 Å². The van der Waals surface area contributed by atoms with Crippen LogP contribution in [0.2, 0.25) is 0 Å². The van der Waals surface area contributed by atoms with Crippen LogP contribution in [0.5, 0.6) is 0 Å². The van der Waals surface area contributed by atoms with Gasteiger partial charge in [0, 0.05) is 6.04 Å². The van der Waals surface area contributed by atoms with Crippen LogP contribution >= 0.6 is 12.4 Å². The van der Waals surface area contributed by atoms with E-state index in [1.54, 1.807) is 0 Å². The van der Waals surface area contributed by atoms with Gasteiger partial charge in [-0.15, -0.1) is 12.4 Å². The molecule has 2 saturated carbocycles. The third-order valence-electron chi connectivity index (χ3n) is 3.12. The topological polar surface area (TPSA) is 26.0 Å². The Labute approximate surface area is 68.8 Å². The summed E-state index contributed by atoms with van der Waals surface area (Å²) in [7, 11) is 0. The molecule has 0 saturated heterocycles. The summed E-state index contributed by atoms with van der Waals surface area (Å²) in [6.07, 6.45) is 8.38. The molecule has 0 aromatic carbocycles. The third kappa shape index (κ3) is 1.17. The SMILES string of the molecule is Cl.NC1CCCCC12CC2. The van der Waals surface area contributed by atoms with Crippen molar-refractivity contribution in [3.8, 4) is 0 Å². The fraction of sp³-hybridized carbons (Fsp3) is 1.00. The summed E-state index contributed by atoms with van der Waals surface area (Å²) in [5, 5.41) is 0. The summed E-state index contributed by atoms with van der Waals surface area (Å²) in [6.45, 7) is 0. The Kier molecular flexibility index (Phi) is 2.26. The molecule has 2 heteroatoms. The summed E-state index contributed by atoms with van der Waals surface area (Å²) in [5.41, 5.74) is 6.64. The van der Waals surface area contributed by atoms with E-state index >= 15 is 0 Å². The molecule has 0 bridgehead atoms. The minimum absolute atomic E-state index is 0. The van der Waals surface area contributed by atoms with Crippen molar-refractivity contribution in [2.24, 2.45) is 11.1 Å². The molecule has 10 heavy (non-hydrogen) atoms. The third-order valence-corrected chi connectivity index (χ3v) is 3.12. The molecule has 0 amide bonds. The first-order chi connectivity index (χ1) is 4.33. The molecule has 1 spiro atoms. The first-order valence-electron chi connectivity index (χ1n) is 4.09. The van der Waals surface area contributed by atoms with Gasteiger partial charge in [0.1, 0.15) is 0 Å². The molecular weight excluding hydrogens is 146 g/mol. The second kappa shape index (κ2) is 2.71. The van der Waals surface area contributed by atoms with Crippen molar-refractivity contribution in [3.63, 3.8) is 0 Å². The molecule has 2 rings (SSSR count). The number of hydrogen-bond donors (Lipinski definition) is 1. The highest BCUT2D eigenvalue weighted by molar-refractivity contribution is 5.85. The first kappa shape index (κ1) is 8.35. The maximum atomic E-state index is 5.98. The van der Waals surface area contributed by atoms with E-state index in [0.29, 0.717) is 11.5 Å². The van der Waals surface area contributed by atoms with Crippen LogP contribution in [0.1, 0.15) is 38.5 Å². The Morgan fingerprint density at radius 1 is 1.10 bits per heavy atom. The van der Waals surface area contributed by atoms with E-state index in [0.717, 1.165) is 0 Å². The van der Waals surface area contributed by atoms with Crippen molar-refractivity contribution in [2.75, 3.05) is 0 Å². The summed E-state index contributed by atoms with van der Waals surface area (Å²) in [5.74, 6) is 0. The minimum atomic E-state index is 0. The van der Waals surface area contributed by atoms with E-state index in [2.05, 4.69) is 0 Å². The average molecular weight is 162 g/mol. The molecule has 0 aromatic rings. The summed E-state index contributed by atoms with van der Waals surface area (Å²) in [4.78, 5) is 0. The predicted octanol–water partition coefficient (Wildman–Crippen LogP) is 2.09. The van der Waals surface area contributed by atoms with Gasteiger partial charge >= 0.3 is 0 Å². The van der Waals surface area contributed by atoms with Gasteiger partial charge in [0.15, 0.2) is 0 Å². The zero-order valence-corrected chi connectivity index (χ0v) is 7.12. The highest BCUT2D eigenvalue weighted by atomic mass is 35.5. The van der Waals surface area contributed by atoms with Gasteiger partial charge < -0.3 is 5.73 Å². The van der Waals surface area contributed by atoms with Crippen LogP contribution in [-0.2, 0) is 0 Å². The molecule has 1 unspecified atom stereocenters. The summed E-state index contributed by atoms with van der Waals surface area (Å²) >= 11 is 0. The van der Waals surface area contributed by atoms with Crippen molar-refractivity contribution in [1.29, 1.82) is 0 Å². The Bertz CT molecular complexity index is 120. The zero-order valence-electron chi connectivity index (χ0n) is 6.31. The lowest BCUT2D eigenvalue weighted by atomic mass is 9.82. The predicted molar refractivity (Wildman–Crippen MR) is 45.4 cm³/mol. The van der Waals surface area contributed by atoms with Crippen LogP contribution in [0.4, 0.5) is 0 Å². The number of halogens is 1. The molecule has 0 radical (unpaired) electrons. The van der Waals surface area contributed by atoms with E-state index in [1.165, 1.54) is 38.5 Å². The standard InChI is InChI=1S/C8H15N.ClH/c9-7-3-1-2-4-8(7)5-6-8;/h7H,1-6,9H2;1H. The number of hydrogen-bond acceptors (Lipinski definition) is 1. The van der Waals surface area contributed by atoms with Gasteiger partial charge in [0.25, 0.3) is 0 Å². The molecule has 60 valence electrons. The van der Waals surface area contributed by atoms with Gasteiger partial charge in [-0.3, -0.25) is 0 Å². The molecule has 0 aliphatic heterocycles. The molecular formula is C8H16ClN. The van der Waals surface area contributed by atoms with Crippen molar-refractivity contribution >= 4 is 12.4 Å². The molecule has 2 aliphatic carbocycles. The Hall–Kier alpha value is 0.250. The molecule has 0 aromatic heterocycles. The van der Waals surface area contributed by atoms with Crippen LogP contribution in [-0.4, -0.2) is 6.04 Å². The van der Waals surface area contributed by atoms with Gasteiger partial charge in [-0.1, -0.05) is 12.8 Å². The monoisotopic (exact) mass is 161 g/mol. The fourth-order valence-electron chi connectivity index (χ4n) is 2.11. The fourth-order valence-corrected chi connectivity index (χ4v) is 2.11. The van der Waals surface area contributed by atoms with Crippen LogP contribution in [0.3, 0.4) is 0 Å². The highest BCUT2D eigenvalue weighted by Gasteiger charge is 2.48. The van der Waals surface area contributed by atoms with Crippen LogP contribution in [0, 0.1) is 5.41 Å². The lowest BCUT2D eigenvalue weighted by molar-refractivity contribution is 0.285. The largest absolute Gasteiger partial charge is 0.327 e. The van der Waals surface area contributed by atoms with Gasteiger partial charge in [-0.25, -0.2) is 0 Å². The number of rotatable bonds is 0. The van der Waals surface area contributed by atoms with Gasteiger partial charge in [-0.2, -0.15) is 0 Å². The van der Waals surface area contributed by atoms with E-state index in [9.17, 15) is 0 Å². The average Bonchev–Trinajstić information content (AvgIpc) is 2.60. The summed E-state index contributed by atoms with van der Waals surface area (Å²) < 4.78 is 0. The van der Waals surface area contributed by atoms with E-state index < -0.39 is 0 Å². The van der Waals surface area contributed by atoms with Gasteiger partial charge in [0.05, 0.1) is 0 Å². The van der Waals surface area contributed by atoms with Crippen molar-refractivity contribution < 1.29 is 0 Å². The quantitative estimate of drug-likeness (QED) is 0.579. The number of nitrogens with two attached hydrogens (primary N) is 1. The lowest BCUT2D eigenvalue weighted by Crippen LogP contribution is -2.34. The Balaban J connectivity index is 0.000000500. The maximum absolute atomic E-state index is 5.98. The van der Waals surface area contributed by atoms with Crippen molar-refractivity contribution in [3.05, 3.63) is 0 Å². The molecule has 2 fully saturated rings. The molecule has 2 N–H and O–H groups in total. The minimum Gasteiger partial charge on any atom is -0.327 e. The molecule has 1 nitrogen and oxygen atoms in total. The Morgan fingerprint density at radius 3 is 2.20 bits per heavy atom. The van der Waals surface area contributed by atoms with Crippen LogP contribution in [0.25, 0.3) is 0 Å². The second-order valence-electron chi connectivity index (χ2n) is 3.71.